The van der Waals surface area contributed by atoms with Gasteiger partial charge < -0.3 is 20.3 Å². The fraction of sp³-hybridized carbons (Fsp3) is 0.950. The molecule has 5 heterocycles. The Hall–Kier alpha value is -0.890. The van der Waals surface area contributed by atoms with Crippen molar-refractivity contribution in [2.75, 3.05) is 13.1 Å². The number of amides is 2. The maximum absolute atomic E-state index is 12.9. The molecule has 27 heavy (non-hydrogen) atoms. The van der Waals surface area contributed by atoms with Gasteiger partial charge in [0.1, 0.15) is 6.17 Å². The van der Waals surface area contributed by atoms with Gasteiger partial charge in [-0.05, 0) is 70.4 Å². The summed E-state index contributed by atoms with van der Waals surface area (Å²) < 4.78 is 6.53. The SMILES string of the molecule is C[C@@H]1CC[C@@H](C)C2CCNC3CCC(NC32)N2C(=O)NC3NCCC(O1)C32. The third kappa shape index (κ3) is 3.16. The predicted octanol–water partition coefficient (Wildman–Crippen LogP) is 0.959. The highest BCUT2D eigenvalue weighted by Gasteiger charge is 2.52. The number of nitrogens with zero attached hydrogens (tertiary/aromatic N) is 1. The Labute approximate surface area is 162 Å². The van der Waals surface area contributed by atoms with Crippen LogP contribution in [-0.4, -0.2) is 66.7 Å². The number of piperidine rings is 3. The summed E-state index contributed by atoms with van der Waals surface area (Å²) in [4.78, 5) is 15.0. The molecule has 5 saturated heterocycles. The van der Waals surface area contributed by atoms with E-state index in [2.05, 4.69) is 40.0 Å². The Morgan fingerprint density at radius 3 is 2.74 bits per heavy atom. The summed E-state index contributed by atoms with van der Waals surface area (Å²) in [6, 6.07) is 1.14. The summed E-state index contributed by atoms with van der Waals surface area (Å²) in [6.45, 7) is 6.66. The van der Waals surface area contributed by atoms with E-state index >= 15 is 0 Å². The molecule has 4 N–H and O–H groups in total. The Bertz CT molecular complexity index is 575. The number of hydrogen-bond donors (Lipinski definition) is 4. The van der Waals surface area contributed by atoms with Crippen LogP contribution in [-0.2, 0) is 4.74 Å². The van der Waals surface area contributed by atoms with Gasteiger partial charge in [0.15, 0.2) is 0 Å². The van der Waals surface area contributed by atoms with Gasteiger partial charge in [0.2, 0.25) is 0 Å². The number of hydrogen-bond acceptors (Lipinski definition) is 5. The van der Waals surface area contributed by atoms with Gasteiger partial charge in [-0.25, -0.2) is 4.79 Å². The summed E-state index contributed by atoms with van der Waals surface area (Å²) in [5.74, 6) is 1.35. The molecule has 152 valence electrons. The van der Waals surface area contributed by atoms with Crippen LogP contribution < -0.4 is 21.3 Å². The Morgan fingerprint density at radius 2 is 1.85 bits per heavy atom. The quantitative estimate of drug-likeness (QED) is 0.506. The monoisotopic (exact) mass is 377 g/mol. The molecule has 5 aliphatic heterocycles. The van der Waals surface area contributed by atoms with Gasteiger partial charge in [0.05, 0.1) is 24.4 Å². The molecule has 7 nitrogen and oxygen atoms in total. The van der Waals surface area contributed by atoms with Gasteiger partial charge in [0.25, 0.3) is 0 Å². The first kappa shape index (κ1) is 18.2. The second-order valence-electron chi connectivity index (χ2n) is 9.41. The van der Waals surface area contributed by atoms with Crippen LogP contribution >= 0.6 is 0 Å². The predicted molar refractivity (Wildman–Crippen MR) is 103 cm³/mol. The minimum Gasteiger partial charge on any atom is -0.373 e. The molecule has 0 spiro atoms. The second-order valence-corrected chi connectivity index (χ2v) is 9.41. The van der Waals surface area contributed by atoms with Crippen molar-refractivity contribution in [2.24, 2.45) is 11.8 Å². The molecule has 7 unspecified atom stereocenters. The lowest BCUT2D eigenvalue weighted by molar-refractivity contribution is -0.0800. The summed E-state index contributed by atoms with van der Waals surface area (Å²) >= 11 is 0. The smallest absolute Gasteiger partial charge is 0.320 e. The van der Waals surface area contributed by atoms with E-state index in [9.17, 15) is 4.79 Å². The van der Waals surface area contributed by atoms with Crippen LogP contribution in [0.25, 0.3) is 0 Å². The van der Waals surface area contributed by atoms with Gasteiger partial charge >= 0.3 is 6.03 Å². The van der Waals surface area contributed by atoms with E-state index in [4.69, 9.17) is 4.74 Å². The molecular formula is C20H35N5O2. The maximum Gasteiger partial charge on any atom is 0.320 e. The summed E-state index contributed by atoms with van der Waals surface area (Å²) in [5.41, 5.74) is 0. The van der Waals surface area contributed by atoms with Gasteiger partial charge in [-0.1, -0.05) is 6.92 Å². The topological polar surface area (TPSA) is 77.7 Å². The summed E-state index contributed by atoms with van der Waals surface area (Å²) in [5, 5.41) is 14.3. The molecular weight excluding hydrogens is 342 g/mol. The number of carbonyl (C=O) groups excluding carboxylic acids is 1. The van der Waals surface area contributed by atoms with Crippen molar-refractivity contribution in [3.63, 3.8) is 0 Å². The molecule has 5 rings (SSSR count). The third-order valence-electron chi connectivity index (χ3n) is 7.77. The van der Waals surface area contributed by atoms with Crippen molar-refractivity contribution in [3.05, 3.63) is 0 Å². The zero-order valence-corrected chi connectivity index (χ0v) is 16.6. The van der Waals surface area contributed by atoms with Crippen LogP contribution in [0.1, 0.15) is 52.4 Å². The minimum absolute atomic E-state index is 0.00474. The van der Waals surface area contributed by atoms with E-state index in [1.807, 2.05) is 0 Å². The van der Waals surface area contributed by atoms with Crippen molar-refractivity contribution in [2.45, 2.75) is 95.0 Å². The van der Waals surface area contributed by atoms with E-state index < -0.39 is 0 Å². The van der Waals surface area contributed by atoms with Crippen molar-refractivity contribution in [1.29, 1.82) is 0 Å². The van der Waals surface area contributed by atoms with Crippen LogP contribution in [0, 0.1) is 11.8 Å². The highest BCUT2D eigenvalue weighted by Crippen LogP contribution is 2.36. The number of carbonyl (C=O) groups is 1. The number of nitrogens with one attached hydrogen (secondary N) is 4. The molecule has 0 aromatic carbocycles. The maximum atomic E-state index is 12.9. The van der Waals surface area contributed by atoms with Crippen LogP contribution in [0.2, 0.25) is 0 Å². The van der Waals surface area contributed by atoms with E-state index in [1.165, 1.54) is 12.8 Å². The molecule has 5 fully saturated rings. The number of urea groups is 1. The molecule has 0 aliphatic carbocycles. The molecule has 0 aromatic rings. The van der Waals surface area contributed by atoms with Gasteiger partial charge in [-0.3, -0.25) is 10.6 Å². The van der Waals surface area contributed by atoms with Gasteiger partial charge in [-0.2, -0.15) is 0 Å². The molecule has 0 radical (unpaired) electrons. The molecule has 9 atom stereocenters. The van der Waals surface area contributed by atoms with Crippen LogP contribution in [0.3, 0.4) is 0 Å². The normalized spacial score (nSPS) is 50.2. The lowest BCUT2D eigenvalue weighted by Crippen LogP contribution is -2.69. The lowest BCUT2D eigenvalue weighted by Gasteiger charge is -2.51. The van der Waals surface area contributed by atoms with Gasteiger partial charge in [0, 0.05) is 12.1 Å². The van der Waals surface area contributed by atoms with E-state index in [0.29, 0.717) is 23.9 Å². The van der Waals surface area contributed by atoms with Crippen molar-refractivity contribution in [1.82, 2.24) is 26.2 Å². The summed E-state index contributed by atoms with van der Waals surface area (Å²) in [7, 11) is 0. The van der Waals surface area contributed by atoms with Crippen molar-refractivity contribution >= 4 is 6.03 Å². The van der Waals surface area contributed by atoms with E-state index in [1.54, 1.807) is 0 Å². The average Bonchev–Trinajstić information content (AvgIpc) is 3.01. The van der Waals surface area contributed by atoms with E-state index in [-0.39, 0.29) is 36.6 Å². The lowest BCUT2D eigenvalue weighted by atomic mass is 9.74. The number of rotatable bonds is 0. The Kier molecular flexibility index (Phi) is 4.82. The zero-order chi connectivity index (χ0) is 18.5. The minimum atomic E-state index is 0.00474. The molecule has 0 saturated carbocycles. The Balaban J connectivity index is 1.48. The fourth-order valence-electron chi connectivity index (χ4n) is 6.34. The van der Waals surface area contributed by atoms with Crippen molar-refractivity contribution < 1.29 is 9.53 Å². The standard InChI is InChI=1S/C20H35N5O2/c1-11-3-4-12(2)27-15-8-10-22-19-18(15)25(20(26)24-19)16-6-5-14-17(23-16)13(11)7-9-21-14/h11-19,21-23H,3-10H2,1-2H3,(H,24,26)/t11-,12-,13?,14?,15?,16?,17?,18?,19?/m1/s1. The summed E-state index contributed by atoms with van der Waals surface area (Å²) in [6.07, 6.45) is 7.14. The third-order valence-corrected chi connectivity index (χ3v) is 7.77. The molecule has 2 bridgehead atoms. The number of fused-ring (bicyclic) bond motifs is 2. The average molecular weight is 378 g/mol. The molecule has 0 aromatic heterocycles. The zero-order valence-electron chi connectivity index (χ0n) is 16.6. The first-order chi connectivity index (χ1) is 13.1. The molecule has 7 heteroatoms. The van der Waals surface area contributed by atoms with E-state index in [0.717, 1.165) is 38.8 Å². The second kappa shape index (κ2) is 7.17. The van der Waals surface area contributed by atoms with Crippen LogP contribution in [0.15, 0.2) is 0 Å². The first-order valence-electron chi connectivity index (χ1n) is 11.1. The molecule has 5 aliphatic rings. The fourth-order valence-corrected chi connectivity index (χ4v) is 6.34. The highest BCUT2D eigenvalue weighted by molar-refractivity contribution is 5.78. The van der Waals surface area contributed by atoms with Crippen molar-refractivity contribution in [3.8, 4) is 0 Å². The van der Waals surface area contributed by atoms with Crippen LogP contribution in [0.5, 0.6) is 0 Å². The Morgan fingerprint density at radius 1 is 1.00 bits per heavy atom. The molecule has 2 amide bonds. The first-order valence-corrected chi connectivity index (χ1v) is 11.1. The number of ether oxygens (including phenoxy) is 1. The van der Waals surface area contributed by atoms with Gasteiger partial charge in [-0.15, -0.1) is 0 Å². The van der Waals surface area contributed by atoms with Crippen LogP contribution in [0.4, 0.5) is 4.79 Å². The highest BCUT2D eigenvalue weighted by atomic mass is 16.5. The largest absolute Gasteiger partial charge is 0.373 e.